The Balaban J connectivity index is 3.38. The van der Waals surface area contributed by atoms with Crippen molar-refractivity contribution in [3.63, 3.8) is 0 Å². The Bertz CT molecular complexity index is 349. The normalized spacial score (nSPS) is 11.5. The predicted octanol–water partition coefficient (Wildman–Crippen LogP) is 2.83. The van der Waals surface area contributed by atoms with Crippen LogP contribution < -0.4 is 0 Å². The summed E-state index contributed by atoms with van der Waals surface area (Å²) in [7, 11) is 0. The molecule has 0 aliphatic carbocycles. The zero-order chi connectivity index (χ0) is 10.9. The van der Waals surface area contributed by atoms with Crippen molar-refractivity contribution in [3.8, 4) is 0 Å². The molecule has 0 bridgehead atoms. The van der Waals surface area contributed by atoms with E-state index in [0.717, 1.165) is 12.1 Å². The Morgan fingerprint density at radius 1 is 1.21 bits per heavy atom. The fourth-order valence-electron chi connectivity index (χ4n) is 1.27. The van der Waals surface area contributed by atoms with E-state index in [0.29, 0.717) is 0 Å². The highest BCUT2D eigenvalue weighted by Gasteiger charge is 2.31. The number of hydrogen-bond donors (Lipinski definition) is 0. The fraction of sp³-hybridized carbons (Fsp3) is 0.364. The highest BCUT2D eigenvalue weighted by Crippen LogP contribution is 2.28. The number of halogens is 2. The third kappa shape index (κ3) is 1.67. The van der Waals surface area contributed by atoms with Gasteiger partial charge in [-0.3, -0.25) is 4.79 Å². The number of hydrogen-bond acceptors (Lipinski definition) is 1. The van der Waals surface area contributed by atoms with Gasteiger partial charge in [0.25, 0.3) is 0 Å². The summed E-state index contributed by atoms with van der Waals surface area (Å²) in [6.45, 7) is 4.35. The molecular weight excluding hydrogens is 186 g/mol. The van der Waals surface area contributed by atoms with E-state index < -0.39 is 17.0 Å². The molecule has 0 aliphatic heterocycles. The molecule has 0 atom stereocenters. The van der Waals surface area contributed by atoms with Crippen molar-refractivity contribution >= 4 is 5.78 Å². The smallest absolute Gasteiger partial charge is 0.139 e. The van der Waals surface area contributed by atoms with Gasteiger partial charge in [0, 0.05) is 5.56 Å². The minimum atomic E-state index is -1.12. The van der Waals surface area contributed by atoms with E-state index in [1.165, 1.54) is 26.8 Å². The summed E-state index contributed by atoms with van der Waals surface area (Å²) in [6, 6.07) is 3.59. The van der Waals surface area contributed by atoms with Crippen molar-refractivity contribution < 1.29 is 13.6 Å². The average molecular weight is 198 g/mol. The van der Waals surface area contributed by atoms with Crippen LogP contribution in [0.1, 0.15) is 26.3 Å². The summed E-state index contributed by atoms with van der Waals surface area (Å²) in [5, 5.41) is 0. The first-order valence-electron chi connectivity index (χ1n) is 4.33. The van der Waals surface area contributed by atoms with Crippen LogP contribution in [0.3, 0.4) is 0 Å². The molecular formula is C11H12F2O. The quantitative estimate of drug-likeness (QED) is 0.714. The monoisotopic (exact) mass is 198 g/mol. The second-order valence-electron chi connectivity index (χ2n) is 3.78. The molecule has 1 nitrogen and oxygen atoms in total. The van der Waals surface area contributed by atoms with Crippen molar-refractivity contribution in [3.05, 3.63) is 35.4 Å². The number of Topliss-reactive ketones (excluding diaryl/α,β-unsaturated/α-hetero) is 1. The van der Waals surface area contributed by atoms with Crippen LogP contribution >= 0.6 is 0 Å². The highest BCUT2D eigenvalue weighted by molar-refractivity contribution is 5.87. The predicted molar refractivity (Wildman–Crippen MR) is 50.1 cm³/mol. The first kappa shape index (κ1) is 10.8. The summed E-state index contributed by atoms with van der Waals surface area (Å²) in [5.74, 6) is -1.61. The zero-order valence-electron chi connectivity index (χ0n) is 8.40. The first-order chi connectivity index (χ1) is 6.37. The Hall–Kier alpha value is -1.25. The lowest BCUT2D eigenvalue weighted by atomic mass is 9.80. The number of rotatable bonds is 2. The molecule has 14 heavy (non-hydrogen) atoms. The average Bonchev–Trinajstić information content (AvgIpc) is 2.02. The van der Waals surface area contributed by atoms with Crippen LogP contribution in [0, 0.1) is 11.6 Å². The van der Waals surface area contributed by atoms with Crippen LogP contribution in [0.4, 0.5) is 8.78 Å². The molecule has 0 N–H and O–H groups in total. The Labute approximate surface area is 81.7 Å². The van der Waals surface area contributed by atoms with Gasteiger partial charge >= 0.3 is 0 Å². The van der Waals surface area contributed by atoms with Gasteiger partial charge in [-0.1, -0.05) is 6.07 Å². The van der Waals surface area contributed by atoms with Gasteiger partial charge in [-0.05, 0) is 32.9 Å². The van der Waals surface area contributed by atoms with E-state index in [4.69, 9.17) is 0 Å². The standard InChI is InChI=1S/C11H12F2O/c1-7(14)11(2,3)10-8(12)5-4-6-9(10)13/h4-6H,1-3H3. The molecule has 76 valence electrons. The van der Waals surface area contributed by atoms with E-state index in [1.54, 1.807) is 0 Å². The SMILES string of the molecule is CC(=O)C(C)(C)c1c(F)cccc1F. The lowest BCUT2D eigenvalue weighted by Crippen LogP contribution is -2.29. The minimum absolute atomic E-state index is 0.160. The molecule has 0 unspecified atom stereocenters. The van der Waals surface area contributed by atoms with Gasteiger partial charge in [0.2, 0.25) is 0 Å². The summed E-state index contributed by atoms with van der Waals surface area (Å²) in [6.07, 6.45) is 0. The molecule has 0 saturated carbocycles. The molecule has 0 fully saturated rings. The molecule has 0 aromatic heterocycles. The lowest BCUT2D eigenvalue weighted by molar-refractivity contribution is -0.121. The van der Waals surface area contributed by atoms with Crippen molar-refractivity contribution in [2.75, 3.05) is 0 Å². The fourth-order valence-corrected chi connectivity index (χ4v) is 1.27. The van der Waals surface area contributed by atoms with Crippen LogP contribution in [-0.4, -0.2) is 5.78 Å². The topological polar surface area (TPSA) is 17.1 Å². The molecule has 0 amide bonds. The van der Waals surface area contributed by atoms with Crippen molar-refractivity contribution in [2.45, 2.75) is 26.2 Å². The number of carbonyl (C=O) groups is 1. The summed E-state index contributed by atoms with van der Waals surface area (Å²) in [5.41, 5.74) is -1.28. The summed E-state index contributed by atoms with van der Waals surface area (Å²) < 4.78 is 26.6. The van der Waals surface area contributed by atoms with Crippen LogP contribution in [0.2, 0.25) is 0 Å². The van der Waals surface area contributed by atoms with Crippen LogP contribution in [0.15, 0.2) is 18.2 Å². The van der Waals surface area contributed by atoms with E-state index in [-0.39, 0.29) is 11.3 Å². The minimum Gasteiger partial charge on any atom is -0.299 e. The van der Waals surface area contributed by atoms with E-state index in [9.17, 15) is 13.6 Å². The molecule has 0 heterocycles. The van der Waals surface area contributed by atoms with Crippen molar-refractivity contribution in [1.82, 2.24) is 0 Å². The molecule has 1 rings (SSSR count). The molecule has 1 aromatic rings. The third-order valence-electron chi connectivity index (χ3n) is 2.47. The largest absolute Gasteiger partial charge is 0.299 e. The first-order valence-corrected chi connectivity index (χ1v) is 4.33. The number of ketones is 1. The molecule has 1 aromatic carbocycles. The number of benzene rings is 1. The molecule has 3 heteroatoms. The maximum absolute atomic E-state index is 13.3. The van der Waals surface area contributed by atoms with Gasteiger partial charge in [-0.25, -0.2) is 8.78 Å². The number of carbonyl (C=O) groups excluding carboxylic acids is 1. The summed E-state index contributed by atoms with van der Waals surface area (Å²) >= 11 is 0. The zero-order valence-corrected chi connectivity index (χ0v) is 8.40. The van der Waals surface area contributed by atoms with Gasteiger partial charge in [0.15, 0.2) is 0 Å². The van der Waals surface area contributed by atoms with Gasteiger partial charge in [0.1, 0.15) is 17.4 Å². The maximum Gasteiger partial charge on any atom is 0.139 e. The van der Waals surface area contributed by atoms with E-state index >= 15 is 0 Å². The molecule has 0 saturated heterocycles. The second-order valence-corrected chi connectivity index (χ2v) is 3.78. The van der Waals surface area contributed by atoms with Gasteiger partial charge < -0.3 is 0 Å². The summed E-state index contributed by atoms with van der Waals surface area (Å²) in [4.78, 5) is 11.2. The van der Waals surface area contributed by atoms with Crippen LogP contribution in [-0.2, 0) is 10.2 Å². The van der Waals surface area contributed by atoms with E-state index in [1.807, 2.05) is 0 Å². The van der Waals surface area contributed by atoms with Gasteiger partial charge in [-0.2, -0.15) is 0 Å². The van der Waals surface area contributed by atoms with Gasteiger partial charge in [-0.15, -0.1) is 0 Å². The lowest BCUT2D eigenvalue weighted by Gasteiger charge is -2.22. The Kier molecular flexibility index (Phi) is 2.69. The maximum atomic E-state index is 13.3. The Morgan fingerprint density at radius 2 is 1.64 bits per heavy atom. The van der Waals surface area contributed by atoms with Crippen LogP contribution in [0.25, 0.3) is 0 Å². The molecule has 0 radical (unpaired) electrons. The highest BCUT2D eigenvalue weighted by atomic mass is 19.1. The van der Waals surface area contributed by atoms with Crippen molar-refractivity contribution in [2.24, 2.45) is 0 Å². The molecule has 0 spiro atoms. The Morgan fingerprint density at radius 3 is 2.00 bits per heavy atom. The van der Waals surface area contributed by atoms with Crippen molar-refractivity contribution in [1.29, 1.82) is 0 Å². The van der Waals surface area contributed by atoms with Gasteiger partial charge in [0.05, 0.1) is 5.41 Å². The third-order valence-corrected chi connectivity index (χ3v) is 2.47. The van der Waals surface area contributed by atoms with Crippen LogP contribution in [0.5, 0.6) is 0 Å². The second kappa shape index (κ2) is 3.48. The van der Waals surface area contributed by atoms with E-state index in [2.05, 4.69) is 0 Å². The molecule has 0 aliphatic rings.